The molecule has 22 heavy (non-hydrogen) atoms. The Bertz CT molecular complexity index is 565. The Morgan fingerprint density at radius 1 is 1.32 bits per heavy atom. The number of amides is 1. The summed E-state index contributed by atoms with van der Waals surface area (Å²) < 4.78 is 1.91. The minimum Gasteiger partial charge on any atom is -0.341 e. The second kappa shape index (κ2) is 6.03. The van der Waals surface area contributed by atoms with Crippen molar-refractivity contribution in [3.63, 3.8) is 0 Å². The zero-order chi connectivity index (χ0) is 15.9. The number of nitrogens with zero attached hydrogens (tertiary/aromatic N) is 3. The minimum absolute atomic E-state index is 0.0261. The van der Waals surface area contributed by atoms with E-state index in [9.17, 15) is 4.79 Å². The molecule has 3 atom stereocenters. The number of nitrogens with one attached hydrogen (secondary N) is 1. The minimum atomic E-state index is 0.0261. The third kappa shape index (κ3) is 2.91. The third-order valence-corrected chi connectivity index (χ3v) is 5.43. The van der Waals surface area contributed by atoms with Crippen LogP contribution in [0.1, 0.15) is 43.1 Å². The standard InChI is InChI=1S/C17H28N4O/c1-11(9-16-12(2)19-20(4)13(16)3)17(22)21-8-7-14-5-6-15(10-21)18-14/h11,14-15,18H,5-10H2,1-4H3. The predicted molar refractivity (Wildman–Crippen MR) is 86.7 cm³/mol. The van der Waals surface area contributed by atoms with Gasteiger partial charge < -0.3 is 10.2 Å². The molecule has 1 aromatic heterocycles. The van der Waals surface area contributed by atoms with Crippen LogP contribution in [0.15, 0.2) is 0 Å². The van der Waals surface area contributed by atoms with Crippen molar-refractivity contribution in [3.05, 3.63) is 17.0 Å². The van der Waals surface area contributed by atoms with Gasteiger partial charge in [-0.1, -0.05) is 6.92 Å². The number of aryl methyl sites for hydroxylation is 2. The molecule has 2 aliphatic rings. The van der Waals surface area contributed by atoms with E-state index < -0.39 is 0 Å². The van der Waals surface area contributed by atoms with E-state index in [-0.39, 0.29) is 5.92 Å². The molecule has 2 fully saturated rings. The summed E-state index contributed by atoms with van der Waals surface area (Å²) in [6.07, 6.45) is 4.38. The maximum absolute atomic E-state index is 12.8. The Hall–Kier alpha value is -1.36. The number of carbonyl (C=O) groups excluding carboxylic acids is 1. The lowest BCUT2D eigenvalue weighted by molar-refractivity contribution is -0.135. The number of likely N-dealkylation sites (tertiary alicyclic amines) is 1. The van der Waals surface area contributed by atoms with Crippen LogP contribution in [-0.2, 0) is 18.3 Å². The van der Waals surface area contributed by atoms with E-state index >= 15 is 0 Å². The Kier molecular flexibility index (Phi) is 4.26. The SMILES string of the molecule is Cc1nn(C)c(C)c1CC(C)C(=O)N1CCC2CCC(C1)N2. The van der Waals surface area contributed by atoms with E-state index in [4.69, 9.17) is 0 Å². The van der Waals surface area contributed by atoms with E-state index in [1.807, 2.05) is 18.7 Å². The van der Waals surface area contributed by atoms with Crippen LogP contribution in [0.2, 0.25) is 0 Å². The highest BCUT2D eigenvalue weighted by molar-refractivity contribution is 5.79. The van der Waals surface area contributed by atoms with Crippen LogP contribution in [0.4, 0.5) is 0 Å². The molecule has 5 heteroatoms. The fourth-order valence-electron chi connectivity index (χ4n) is 3.96. The summed E-state index contributed by atoms with van der Waals surface area (Å²) in [7, 11) is 1.97. The maximum atomic E-state index is 12.8. The van der Waals surface area contributed by atoms with Crippen molar-refractivity contribution in [2.24, 2.45) is 13.0 Å². The van der Waals surface area contributed by atoms with Gasteiger partial charge in [-0.15, -0.1) is 0 Å². The van der Waals surface area contributed by atoms with Crippen molar-refractivity contribution < 1.29 is 4.79 Å². The van der Waals surface area contributed by atoms with Crippen molar-refractivity contribution in [2.45, 2.75) is 58.5 Å². The Labute approximate surface area is 133 Å². The molecule has 2 aliphatic heterocycles. The summed E-state index contributed by atoms with van der Waals surface area (Å²) >= 11 is 0. The second-order valence-corrected chi connectivity index (χ2v) is 7.09. The zero-order valence-electron chi connectivity index (χ0n) is 14.2. The Morgan fingerprint density at radius 2 is 2.05 bits per heavy atom. The molecule has 1 N–H and O–H groups in total. The molecule has 0 saturated carbocycles. The van der Waals surface area contributed by atoms with Crippen molar-refractivity contribution in [1.29, 1.82) is 0 Å². The molecule has 2 bridgehead atoms. The average Bonchev–Trinajstić information content (AvgIpc) is 2.92. The lowest BCUT2D eigenvalue weighted by Gasteiger charge is -2.27. The smallest absolute Gasteiger partial charge is 0.225 e. The van der Waals surface area contributed by atoms with E-state index in [0.29, 0.717) is 18.0 Å². The van der Waals surface area contributed by atoms with Gasteiger partial charge in [-0.3, -0.25) is 9.48 Å². The fraction of sp³-hybridized carbons (Fsp3) is 0.765. The van der Waals surface area contributed by atoms with Gasteiger partial charge in [-0.2, -0.15) is 5.10 Å². The van der Waals surface area contributed by atoms with Crippen LogP contribution in [0.5, 0.6) is 0 Å². The molecular weight excluding hydrogens is 276 g/mol. The van der Waals surface area contributed by atoms with Crippen LogP contribution in [-0.4, -0.2) is 45.8 Å². The monoisotopic (exact) mass is 304 g/mol. The Morgan fingerprint density at radius 3 is 2.73 bits per heavy atom. The van der Waals surface area contributed by atoms with Gasteiger partial charge in [0, 0.05) is 43.8 Å². The summed E-state index contributed by atoms with van der Waals surface area (Å²) in [6, 6.07) is 1.13. The average molecular weight is 304 g/mol. The largest absolute Gasteiger partial charge is 0.341 e. The highest BCUT2D eigenvalue weighted by Crippen LogP contribution is 2.23. The molecule has 2 saturated heterocycles. The van der Waals surface area contributed by atoms with Gasteiger partial charge in [0.25, 0.3) is 0 Å². The fourth-order valence-corrected chi connectivity index (χ4v) is 3.96. The molecule has 0 radical (unpaired) electrons. The molecule has 5 nitrogen and oxygen atoms in total. The zero-order valence-corrected chi connectivity index (χ0v) is 14.2. The first kappa shape index (κ1) is 15.5. The van der Waals surface area contributed by atoms with Crippen molar-refractivity contribution in [3.8, 4) is 0 Å². The molecule has 0 spiro atoms. The van der Waals surface area contributed by atoms with E-state index in [0.717, 1.165) is 31.6 Å². The van der Waals surface area contributed by atoms with E-state index in [1.54, 1.807) is 0 Å². The lowest BCUT2D eigenvalue weighted by Crippen LogP contribution is -2.42. The van der Waals surface area contributed by atoms with E-state index in [2.05, 4.69) is 29.2 Å². The van der Waals surface area contributed by atoms with Gasteiger partial charge in [0.2, 0.25) is 5.91 Å². The highest BCUT2D eigenvalue weighted by Gasteiger charge is 2.32. The molecule has 0 aromatic carbocycles. The number of fused-ring (bicyclic) bond motifs is 2. The number of hydrogen-bond acceptors (Lipinski definition) is 3. The lowest BCUT2D eigenvalue weighted by atomic mass is 9.97. The van der Waals surface area contributed by atoms with Crippen molar-refractivity contribution >= 4 is 5.91 Å². The van der Waals surface area contributed by atoms with E-state index in [1.165, 1.54) is 24.1 Å². The molecule has 1 amide bonds. The number of hydrogen-bond donors (Lipinski definition) is 1. The topological polar surface area (TPSA) is 50.2 Å². The normalized spacial score (nSPS) is 26.1. The van der Waals surface area contributed by atoms with Gasteiger partial charge in [0.15, 0.2) is 0 Å². The number of carbonyl (C=O) groups is 1. The summed E-state index contributed by atoms with van der Waals surface area (Å²) in [5, 5.41) is 8.10. The molecule has 122 valence electrons. The van der Waals surface area contributed by atoms with Crippen LogP contribution in [0.25, 0.3) is 0 Å². The third-order valence-electron chi connectivity index (χ3n) is 5.43. The molecule has 1 aromatic rings. The molecular formula is C17H28N4O. The second-order valence-electron chi connectivity index (χ2n) is 7.09. The van der Waals surface area contributed by atoms with Gasteiger partial charge in [-0.05, 0) is 45.1 Å². The maximum Gasteiger partial charge on any atom is 0.225 e. The van der Waals surface area contributed by atoms with Gasteiger partial charge in [-0.25, -0.2) is 0 Å². The van der Waals surface area contributed by atoms with Crippen molar-refractivity contribution in [1.82, 2.24) is 20.0 Å². The first-order valence-corrected chi connectivity index (χ1v) is 8.49. The highest BCUT2D eigenvalue weighted by atomic mass is 16.2. The van der Waals surface area contributed by atoms with Gasteiger partial charge in [0.05, 0.1) is 5.69 Å². The summed E-state index contributed by atoms with van der Waals surface area (Å²) in [5.74, 6) is 0.329. The molecule has 3 unspecified atom stereocenters. The van der Waals surface area contributed by atoms with Crippen LogP contribution >= 0.6 is 0 Å². The summed E-state index contributed by atoms with van der Waals surface area (Å²) in [6.45, 7) is 7.97. The quantitative estimate of drug-likeness (QED) is 0.922. The van der Waals surface area contributed by atoms with Crippen LogP contribution < -0.4 is 5.32 Å². The molecule has 3 rings (SSSR count). The first-order valence-electron chi connectivity index (χ1n) is 8.49. The first-order chi connectivity index (χ1) is 10.5. The predicted octanol–water partition coefficient (Wildman–Crippen LogP) is 1.57. The summed E-state index contributed by atoms with van der Waals surface area (Å²) in [4.78, 5) is 14.9. The van der Waals surface area contributed by atoms with Gasteiger partial charge >= 0.3 is 0 Å². The number of rotatable bonds is 3. The van der Waals surface area contributed by atoms with Crippen molar-refractivity contribution in [2.75, 3.05) is 13.1 Å². The van der Waals surface area contributed by atoms with Gasteiger partial charge in [0.1, 0.15) is 0 Å². The molecule has 0 aliphatic carbocycles. The molecule has 3 heterocycles. The summed E-state index contributed by atoms with van der Waals surface area (Å²) in [5.41, 5.74) is 3.46. The van der Waals surface area contributed by atoms with Crippen LogP contribution in [0.3, 0.4) is 0 Å². The number of aromatic nitrogens is 2. The Balaban J connectivity index is 1.66. The van der Waals surface area contributed by atoms with Crippen LogP contribution in [0, 0.1) is 19.8 Å².